The van der Waals surface area contributed by atoms with Gasteiger partial charge in [-0.05, 0) is 0 Å². The molecule has 7 atom stereocenters. The van der Waals surface area contributed by atoms with E-state index in [0.717, 1.165) is 23.5 Å². The molecule has 4 aromatic rings. The highest BCUT2D eigenvalue weighted by molar-refractivity contribution is 7.47. The first kappa shape index (κ1) is 27.5. The maximum atomic E-state index is 15.1. The number of H-pyrrole nitrogens is 2. The number of imidazole rings is 2. The van der Waals surface area contributed by atoms with Crippen molar-refractivity contribution in [2.24, 2.45) is 0 Å². The molecule has 0 saturated carbocycles. The van der Waals surface area contributed by atoms with E-state index in [9.17, 15) is 29.3 Å². The van der Waals surface area contributed by atoms with Crippen LogP contribution in [0.1, 0.15) is 12.6 Å². The summed E-state index contributed by atoms with van der Waals surface area (Å²) in [5, 5.41) is 20.1. The fourth-order valence-corrected chi connectivity index (χ4v) is 5.90. The molecule has 0 bridgehead atoms. The van der Waals surface area contributed by atoms with Crippen LogP contribution in [0.25, 0.3) is 22.3 Å². The number of hydrogen-bond acceptors (Lipinski definition) is 14. The Morgan fingerprint density at radius 1 is 1.22 bits per heavy atom. The molecule has 2 saturated heterocycles. The smallest absolute Gasteiger partial charge is 0.394 e. The molecule has 2 aliphatic heterocycles. The summed E-state index contributed by atoms with van der Waals surface area (Å²) in [6.07, 6.45) is -4.47. The van der Waals surface area contributed by atoms with E-state index in [1.807, 2.05) is 0 Å². The SMILES string of the molecule is Nc1nc2c(ncn2[C@]2(OP(=O)(O)OC[C@H]3O[C@@H](n4cnc5c(=O)[nH]cnc54)[C@@H](F)[C@@H]3O)CO[C@H](CO)C2)c(=O)[nH]1. The van der Waals surface area contributed by atoms with Crippen molar-refractivity contribution in [3.63, 3.8) is 0 Å². The van der Waals surface area contributed by atoms with Crippen LogP contribution in [0.3, 0.4) is 0 Å². The first-order valence-corrected chi connectivity index (χ1v) is 13.5. The van der Waals surface area contributed by atoms with Gasteiger partial charge in [0.25, 0.3) is 11.1 Å². The normalized spacial score (nSPS) is 29.9. The monoisotopic (exact) mass is 599 g/mol. The standard InChI is InChI=1S/C20H23FN9O10P/c21-10-13(32)9(39-18(10)29-6-25-11-14(29)23-5-24-16(11)33)3-38-41(35,36)40-20(1-8(2-31)37-4-20)30-7-26-12-15(30)27-19(22)28-17(12)34/h5-10,13,18,31-32H,1-4H2,(H,35,36)(H,23,24,33)(H3,22,27,28,34)/t8-,9+,10-,13+,18+,20+/m0/s1. The third-order valence-corrected chi connectivity index (χ3v) is 7.83. The van der Waals surface area contributed by atoms with Gasteiger partial charge in [-0.1, -0.05) is 0 Å². The van der Waals surface area contributed by atoms with Gasteiger partial charge >= 0.3 is 7.82 Å². The van der Waals surface area contributed by atoms with Crippen LogP contribution >= 0.6 is 7.82 Å². The maximum Gasteiger partial charge on any atom is 0.474 e. The molecule has 220 valence electrons. The number of anilines is 1. The van der Waals surface area contributed by atoms with Crippen LogP contribution in [0.4, 0.5) is 10.3 Å². The number of phosphoric acid groups is 1. The number of nitrogens with two attached hydrogens (primary N) is 1. The predicted octanol–water partition coefficient (Wildman–Crippen LogP) is -2.00. The molecule has 0 aromatic carbocycles. The average molecular weight is 599 g/mol. The quantitative estimate of drug-likeness (QED) is 0.120. The Hall–Kier alpha value is -3.62. The van der Waals surface area contributed by atoms with E-state index in [-0.39, 0.29) is 41.3 Å². The van der Waals surface area contributed by atoms with Crippen LogP contribution in [0.5, 0.6) is 0 Å². The highest BCUT2D eigenvalue weighted by Gasteiger charge is 2.51. The molecule has 2 aliphatic rings. The third-order valence-electron chi connectivity index (χ3n) is 6.78. The van der Waals surface area contributed by atoms with Gasteiger partial charge in [0.05, 0.1) is 44.9 Å². The molecule has 19 nitrogen and oxygen atoms in total. The number of ether oxygens (including phenoxy) is 2. The topological polar surface area (TPSA) is 268 Å². The number of nitrogen functional groups attached to an aromatic ring is 1. The van der Waals surface area contributed by atoms with Crippen LogP contribution in [0.15, 0.2) is 28.6 Å². The van der Waals surface area contributed by atoms with E-state index < -0.39 is 68.6 Å². The predicted molar refractivity (Wildman–Crippen MR) is 132 cm³/mol. The number of phosphoric ester groups is 1. The lowest BCUT2D eigenvalue weighted by molar-refractivity contribution is -0.0680. The van der Waals surface area contributed by atoms with Gasteiger partial charge in [0.15, 0.2) is 40.5 Å². The minimum Gasteiger partial charge on any atom is -0.394 e. The Morgan fingerprint density at radius 3 is 2.73 bits per heavy atom. The summed E-state index contributed by atoms with van der Waals surface area (Å²) >= 11 is 0. The van der Waals surface area contributed by atoms with Crippen molar-refractivity contribution in [2.75, 3.05) is 25.6 Å². The zero-order valence-corrected chi connectivity index (χ0v) is 21.6. The van der Waals surface area contributed by atoms with Gasteiger partial charge in [-0.3, -0.25) is 32.8 Å². The fourth-order valence-electron chi connectivity index (χ4n) is 4.86. The second kappa shape index (κ2) is 10.0. The molecule has 1 unspecified atom stereocenters. The number of nitrogens with one attached hydrogen (secondary N) is 2. The van der Waals surface area contributed by atoms with Gasteiger partial charge in [-0.25, -0.2) is 23.9 Å². The van der Waals surface area contributed by atoms with Crippen LogP contribution in [-0.2, 0) is 28.8 Å². The molecule has 0 radical (unpaired) electrons. The van der Waals surface area contributed by atoms with Crippen molar-refractivity contribution in [1.29, 1.82) is 0 Å². The van der Waals surface area contributed by atoms with E-state index >= 15 is 4.39 Å². The number of nitrogens with zero attached hydrogens (tertiary/aromatic N) is 6. The van der Waals surface area contributed by atoms with Gasteiger partial charge < -0.3 is 35.3 Å². The van der Waals surface area contributed by atoms with Crippen LogP contribution in [-0.4, -0.2) is 98.4 Å². The molecule has 21 heteroatoms. The Bertz CT molecular complexity index is 1780. The molecular formula is C20H23FN9O10P. The summed E-state index contributed by atoms with van der Waals surface area (Å²) in [6.45, 7) is -1.65. The summed E-state index contributed by atoms with van der Waals surface area (Å²) in [5.41, 5.74) is 2.26. The summed E-state index contributed by atoms with van der Waals surface area (Å²) < 4.78 is 52.2. The minimum atomic E-state index is -5.06. The zero-order valence-electron chi connectivity index (χ0n) is 20.7. The number of aliphatic hydroxyl groups excluding tert-OH is 2. The number of fused-ring (bicyclic) bond motifs is 2. The lowest BCUT2D eigenvalue weighted by Gasteiger charge is -2.31. The lowest BCUT2D eigenvalue weighted by atomic mass is 10.1. The average Bonchev–Trinajstić information content (AvgIpc) is 3.69. The van der Waals surface area contributed by atoms with Gasteiger partial charge in [0, 0.05) is 6.42 Å². The second-order valence-electron chi connectivity index (χ2n) is 9.42. The van der Waals surface area contributed by atoms with E-state index in [1.54, 1.807) is 0 Å². The number of aromatic amines is 2. The molecule has 6 heterocycles. The Labute approximate surface area is 226 Å². The first-order valence-electron chi connectivity index (χ1n) is 12.0. The molecule has 4 aromatic heterocycles. The van der Waals surface area contributed by atoms with Gasteiger partial charge in [0.1, 0.15) is 12.2 Å². The molecular weight excluding hydrogens is 576 g/mol. The number of rotatable bonds is 8. The zero-order chi connectivity index (χ0) is 29.1. The fraction of sp³-hybridized carbons (Fsp3) is 0.500. The number of alkyl halides is 1. The number of aromatic nitrogens is 8. The van der Waals surface area contributed by atoms with Crippen LogP contribution < -0.4 is 16.9 Å². The molecule has 2 fully saturated rings. The largest absolute Gasteiger partial charge is 0.474 e. The van der Waals surface area contributed by atoms with Crippen molar-refractivity contribution in [3.8, 4) is 0 Å². The maximum absolute atomic E-state index is 15.1. The van der Waals surface area contributed by atoms with Gasteiger partial charge in [0.2, 0.25) is 5.95 Å². The molecule has 7 N–H and O–H groups in total. The summed E-state index contributed by atoms with van der Waals surface area (Å²) in [6, 6.07) is 0. The van der Waals surface area contributed by atoms with E-state index in [0.29, 0.717) is 0 Å². The van der Waals surface area contributed by atoms with Gasteiger partial charge in [-0.15, -0.1) is 0 Å². The van der Waals surface area contributed by atoms with Crippen molar-refractivity contribution >= 4 is 36.1 Å². The van der Waals surface area contributed by atoms with Crippen molar-refractivity contribution in [2.45, 2.75) is 42.9 Å². The Morgan fingerprint density at radius 2 is 1.98 bits per heavy atom. The van der Waals surface area contributed by atoms with Crippen LogP contribution in [0, 0.1) is 0 Å². The second-order valence-corrected chi connectivity index (χ2v) is 10.8. The highest BCUT2D eigenvalue weighted by atomic mass is 31.2. The Balaban J connectivity index is 1.23. The van der Waals surface area contributed by atoms with Crippen LogP contribution in [0.2, 0.25) is 0 Å². The molecule has 41 heavy (non-hydrogen) atoms. The summed E-state index contributed by atoms with van der Waals surface area (Å²) in [5.74, 6) is -0.256. The highest BCUT2D eigenvalue weighted by Crippen LogP contribution is 2.53. The Kier molecular flexibility index (Phi) is 6.74. The minimum absolute atomic E-state index is 0.00594. The lowest BCUT2D eigenvalue weighted by Crippen LogP contribution is -2.37. The summed E-state index contributed by atoms with van der Waals surface area (Å²) in [7, 11) is -5.06. The van der Waals surface area contributed by atoms with E-state index in [4.69, 9.17) is 24.3 Å². The van der Waals surface area contributed by atoms with Crippen molar-refractivity contribution in [1.82, 2.24) is 39.0 Å². The number of hydrogen-bond donors (Lipinski definition) is 6. The van der Waals surface area contributed by atoms with Gasteiger partial charge in [-0.2, -0.15) is 4.98 Å². The summed E-state index contributed by atoms with van der Waals surface area (Å²) in [4.78, 5) is 55.3. The molecule has 0 aliphatic carbocycles. The molecule has 0 spiro atoms. The van der Waals surface area contributed by atoms with Crippen molar-refractivity contribution < 1.29 is 42.6 Å². The number of halogens is 1. The van der Waals surface area contributed by atoms with E-state index in [2.05, 4.69) is 29.9 Å². The first-order chi connectivity index (χ1) is 19.5. The molecule has 0 amide bonds. The third kappa shape index (κ3) is 4.73. The van der Waals surface area contributed by atoms with E-state index in [1.165, 1.54) is 4.57 Å². The van der Waals surface area contributed by atoms with Crippen molar-refractivity contribution in [3.05, 3.63) is 39.7 Å². The molecule has 6 rings (SSSR count). The number of aliphatic hydroxyl groups is 2.